The zero-order chi connectivity index (χ0) is 17.1. The van der Waals surface area contributed by atoms with E-state index in [0.29, 0.717) is 17.2 Å². The second-order valence-electron chi connectivity index (χ2n) is 5.38. The van der Waals surface area contributed by atoms with Gasteiger partial charge in [0.05, 0.1) is 26.1 Å². The molecule has 0 bridgehead atoms. The quantitative estimate of drug-likeness (QED) is 0.692. The Labute approximate surface area is 140 Å². The van der Waals surface area contributed by atoms with Gasteiger partial charge in [-0.3, -0.25) is 0 Å². The molecule has 0 fully saturated rings. The molecule has 0 aliphatic rings. The lowest BCUT2D eigenvalue weighted by molar-refractivity contribution is 0.338. The molecule has 7 heteroatoms. The predicted molar refractivity (Wildman–Crippen MR) is 88.3 cm³/mol. The van der Waals surface area contributed by atoms with Crippen LogP contribution in [0.15, 0.2) is 35.0 Å². The zero-order valence-corrected chi connectivity index (χ0v) is 14.2. The highest BCUT2D eigenvalue weighted by molar-refractivity contribution is 5.70. The van der Waals surface area contributed by atoms with Gasteiger partial charge in [-0.25, -0.2) is 4.68 Å². The van der Waals surface area contributed by atoms with Gasteiger partial charge < -0.3 is 14.0 Å². The first kappa shape index (κ1) is 16.0. The smallest absolute Gasteiger partial charge is 0.170 e. The minimum absolute atomic E-state index is 0.101. The highest BCUT2D eigenvalue weighted by atomic mass is 16.5. The maximum Gasteiger partial charge on any atom is 0.170 e. The molecule has 1 atom stereocenters. The number of hydrogen-bond acceptors (Lipinski definition) is 6. The highest BCUT2D eigenvalue weighted by Crippen LogP contribution is 2.37. The number of benzene rings is 1. The molecule has 7 nitrogen and oxygen atoms in total. The molecular formula is C17H20N4O3. The summed E-state index contributed by atoms with van der Waals surface area (Å²) in [5, 5.41) is 12.5. The summed E-state index contributed by atoms with van der Waals surface area (Å²) in [6, 6.07) is 7.50. The van der Waals surface area contributed by atoms with Gasteiger partial charge in [0.25, 0.3) is 0 Å². The van der Waals surface area contributed by atoms with E-state index in [1.54, 1.807) is 18.9 Å². The third kappa shape index (κ3) is 2.84. The van der Waals surface area contributed by atoms with Crippen molar-refractivity contribution in [3.63, 3.8) is 0 Å². The van der Waals surface area contributed by atoms with Crippen molar-refractivity contribution in [1.82, 2.24) is 20.2 Å². The lowest BCUT2D eigenvalue weighted by Gasteiger charge is -2.10. The molecule has 0 aliphatic carbocycles. The molecule has 2 aromatic heterocycles. The Morgan fingerprint density at radius 3 is 2.75 bits per heavy atom. The van der Waals surface area contributed by atoms with Crippen LogP contribution in [0, 0.1) is 0 Å². The number of hydrogen-bond donors (Lipinski definition) is 0. The Morgan fingerprint density at radius 2 is 2.08 bits per heavy atom. The molecule has 0 N–H and O–H groups in total. The third-order valence-corrected chi connectivity index (χ3v) is 3.94. The second kappa shape index (κ2) is 6.74. The van der Waals surface area contributed by atoms with Crippen LogP contribution in [-0.4, -0.2) is 34.4 Å². The van der Waals surface area contributed by atoms with Crippen LogP contribution in [-0.2, 0) is 6.42 Å². The molecule has 0 radical (unpaired) electrons. The second-order valence-corrected chi connectivity index (χ2v) is 5.38. The highest BCUT2D eigenvalue weighted by Gasteiger charge is 2.18. The van der Waals surface area contributed by atoms with Crippen LogP contribution in [0.5, 0.6) is 11.5 Å². The molecule has 1 unspecified atom stereocenters. The fourth-order valence-electron chi connectivity index (χ4n) is 2.50. The minimum Gasteiger partial charge on any atom is -0.493 e. The molecule has 24 heavy (non-hydrogen) atoms. The summed E-state index contributed by atoms with van der Waals surface area (Å²) in [6.45, 7) is 4.02. The van der Waals surface area contributed by atoms with Crippen LogP contribution in [0.25, 0.3) is 11.3 Å². The van der Waals surface area contributed by atoms with Gasteiger partial charge in [-0.2, -0.15) is 0 Å². The van der Waals surface area contributed by atoms with Gasteiger partial charge in [-0.1, -0.05) is 23.4 Å². The van der Waals surface area contributed by atoms with Crippen LogP contribution >= 0.6 is 0 Å². The fourth-order valence-corrected chi connectivity index (χ4v) is 2.50. The van der Waals surface area contributed by atoms with E-state index in [-0.39, 0.29) is 6.04 Å². The van der Waals surface area contributed by atoms with Crippen molar-refractivity contribution in [2.75, 3.05) is 14.2 Å². The van der Waals surface area contributed by atoms with E-state index < -0.39 is 0 Å². The molecule has 126 valence electrons. The molecule has 0 spiro atoms. The van der Waals surface area contributed by atoms with E-state index in [2.05, 4.69) is 15.5 Å². The van der Waals surface area contributed by atoms with Crippen molar-refractivity contribution in [2.45, 2.75) is 26.3 Å². The van der Waals surface area contributed by atoms with Crippen LogP contribution in [0.3, 0.4) is 0 Å². The summed E-state index contributed by atoms with van der Waals surface area (Å²) in [7, 11) is 3.21. The topological polar surface area (TPSA) is 75.2 Å². The van der Waals surface area contributed by atoms with E-state index in [1.807, 2.05) is 44.3 Å². The number of para-hydroxylation sites is 1. The number of methoxy groups -OCH3 is 2. The maximum atomic E-state index is 5.46. The summed E-state index contributed by atoms with van der Waals surface area (Å²) < 4.78 is 17.9. The summed E-state index contributed by atoms with van der Waals surface area (Å²) in [5.74, 6) is 2.04. The van der Waals surface area contributed by atoms with Crippen molar-refractivity contribution in [1.29, 1.82) is 0 Å². The van der Waals surface area contributed by atoms with Gasteiger partial charge in [-0.05, 0) is 25.5 Å². The molecule has 3 aromatic rings. The van der Waals surface area contributed by atoms with Crippen molar-refractivity contribution in [2.24, 2.45) is 0 Å². The fraction of sp³-hybridized carbons (Fsp3) is 0.353. The average molecular weight is 328 g/mol. The van der Waals surface area contributed by atoms with Crippen molar-refractivity contribution in [3.8, 4) is 22.8 Å². The number of rotatable bonds is 6. The third-order valence-electron chi connectivity index (χ3n) is 3.94. The molecule has 2 heterocycles. The SMILES string of the molecule is CCc1cc(C(C)n2cc(-c3cccc(OC)c3OC)nn2)on1. The van der Waals surface area contributed by atoms with E-state index >= 15 is 0 Å². The largest absolute Gasteiger partial charge is 0.493 e. The zero-order valence-electron chi connectivity index (χ0n) is 14.2. The van der Waals surface area contributed by atoms with E-state index in [9.17, 15) is 0 Å². The molecule has 0 amide bonds. The van der Waals surface area contributed by atoms with E-state index in [4.69, 9.17) is 14.0 Å². The molecule has 0 saturated carbocycles. The van der Waals surface area contributed by atoms with Gasteiger partial charge >= 0.3 is 0 Å². The minimum atomic E-state index is -0.101. The van der Waals surface area contributed by atoms with Crippen LogP contribution < -0.4 is 9.47 Å². The van der Waals surface area contributed by atoms with E-state index in [1.165, 1.54) is 0 Å². The number of nitrogens with zero attached hydrogens (tertiary/aromatic N) is 4. The maximum absolute atomic E-state index is 5.46. The van der Waals surface area contributed by atoms with Crippen molar-refractivity contribution in [3.05, 3.63) is 41.9 Å². The van der Waals surface area contributed by atoms with Gasteiger partial charge in [0.2, 0.25) is 0 Å². The summed E-state index contributed by atoms with van der Waals surface area (Å²) in [6.07, 6.45) is 2.69. The van der Waals surface area contributed by atoms with Crippen molar-refractivity contribution >= 4 is 0 Å². The Hall–Kier alpha value is -2.83. The van der Waals surface area contributed by atoms with Crippen LogP contribution in [0.1, 0.15) is 31.3 Å². The molecule has 1 aromatic carbocycles. The molecule has 3 rings (SSSR count). The van der Waals surface area contributed by atoms with Gasteiger partial charge in [0, 0.05) is 11.6 Å². The first-order valence-corrected chi connectivity index (χ1v) is 7.76. The monoisotopic (exact) mass is 328 g/mol. The van der Waals surface area contributed by atoms with Gasteiger partial charge in [0.15, 0.2) is 17.3 Å². The summed E-state index contributed by atoms with van der Waals surface area (Å²) in [4.78, 5) is 0. The molecule has 0 saturated heterocycles. The summed E-state index contributed by atoms with van der Waals surface area (Å²) in [5.41, 5.74) is 2.45. The Bertz CT molecular complexity index is 825. The number of ether oxygens (including phenoxy) is 2. The molecule has 0 aliphatic heterocycles. The van der Waals surface area contributed by atoms with Crippen molar-refractivity contribution < 1.29 is 14.0 Å². The summed E-state index contributed by atoms with van der Waals surface area (Å²) >= 11 is 0. The standard InChI is InChI=1S/C17H20N4O3/c1-5-12-9-16(24-19-12)11(2)21-10-14(18-20-21)13-7-6-8-15(22-3)17(13)23-4/h6-11H,5H2,1-4H3. The van der Waals surface area contributed by atoms with Gasteiger partial charge in [0.1, 0.15) is 11.7 Å². The van der Waals surface area contributed by atoms with Crippen LogP contribution in [0.2, 0.25) is 0 Å². The predicted octanol–water partition coefficient (Wildman–Crippen LogP) is 3.12. The lowest BCUT2D eigenvalue weighted by Crippen LogP contribution is -2.06. The normalized spacial score (nSPS) is 12.2. The Kier molecular flexibility index (Phi) is 4.50. The van der Waals surface area contributed by atoms with E-state index in [0.717, 1.165) is 23.4 Å². The number of aromatic nitrogens is 4. The van der Waals surface area contributed by atoms with Crippen LogP contribution in [0.4, 0.5) is 0 Å². The average Bonchev–Trinajstić information content (AvgIpc) is 3.29. The van der Waals surface area contributed by atoms with Gasteiger partial charge in [-0.15, -0.1) is 5.10 Å². The molecular weight excluding hydrogens is 308 g/mol. The Balaban J connectivity index is 1.93. The number of aryl methyl sites for hydroxylation is 1. The first-order valence-electron chi connectivity index (χ1n) is 7.76. The lowest BCUT2D eigenvalue weighted by atomic mass is 10.1. The Morgan fingerprint density at radius 1 is 1.25 bits per heavy atom. The first-order chi connectivity index (χ1) is 11.7.